The number of quaternary nitrogens is 1. The van der Waals surface area contributed by atoms with Crippen LogP contribution in [0, 0.1) is 18.3 Å². The zero-order valence-corrected chi connectivity index (χ0v) is 20.9. The fraction of sp³-hybridized carbons (Fsp3) is 0.217. The lowest BCUT2D eigenvalue weighted by molar-refractivity contribution is -0.457. The summed E-state index contributed by atoms with van der Waals surface area (Å²) in [5.74, 6) is 1.72. The zero-order chi connectivity index (χ0) is 23.0. The first-order valence-electron chi connectivity index (χ1n) is 9.90. The Balaban J connectivity index is 1.97. The molecule has 0 aliphatic carbocycles. The van der Waals surface area contributed by atoms with Crippen LogP contribution in [0.4, 0.5) is 0 Å². The molecule has 0 unspecified atom stereocenters. The largest absolute Gasteiger partial charge is 0.493 e. The summed E-state index contributed by atoms with van der Waals surface area (Å²) in [5, 5.41) is 14.7. The highest BCUT2D eigenvalue weighted by atomic mass is 79.9. The molecule has 2 aromatic carbocycles. The maximum atomic E-state index is 9.97. The van der Waals surface area contributed by atoms with Crippen LogP contribution in [-0.4, -0.2) is 29.7 Å². The molecule has 3 N–H and O–H groups in total. The summed E-state index contributed by atoms with van der Waals surface area (Å²) in [6.45, 7) is 4.31. The number of rotatable bonds is 5. The van der Waals surface area contributed by atoms with Crippen molar-refractivity contribution in [3.8, 4) is 29.1 Å². The number of fused-ring (bicyclic) bond motifs is 1. The average Bonchev–Trinajstić information content (AvgIpc) is 3.10. The van der Waals surface area contributed by atoms with E-state index in [0.717, 1.165) is 37.0 Å². The van der Waals surface area contributed by atoms with E-state index < -0.39 is 6.23 Å². The van der Waals surface area contributed by atoms with Crippen molar-refractivity contribution in [2.45, 2.75) is 20.1 Å². The molecular weight excluding hydrogens is 540 g/mol. The topological polar surface area (TPSA) is 96.9 Å². The number of hydrogen-bond donors (Lipinski definition) is 1. The van der Waals surface area contributed by atoms with Gasteiger partial charge in [0, 0.05) is 10.0 Å². The number of nitriles is 1. The quantitative estimate of drug-likeness (QED) is 0.499. The third-order valence-corrected chi connectivity index (χ3v) is 6.23. The van der Waals surface area contributed by atoms with Gasteiger partial charge in [-0.05, 0) is 71.7 Å². The van der Waals surface area contributed by atoms with Crippen LogP contribution in [0.3, 0.4) is 0 Å². The summed E-state index contributed by atoms with van der Waals surface area (Å²) < 4.78 is 20.8. The number of methoxy groups -OCH3 is 1. The van der Waals surface area contributed by atoms with Gasteiger partial charge in [-0.1, -0.05) is 15.9 Å². The van der Waals surface area contributed by atoms with Gasteiger partial charge in [0.2, 0.25) is 5.88 Å². The van der Waals surface area contributed by atoms with Crippen LogP contribution in [0.1, 0.15) is 23.7 Å². The molecule has 1 atom stereocenters. The Labute approximate surface area is 202 Å². The van der Waals surface area contributed by atoms with Crippen molar-refractivity contribution in [3.63, 3.8) is 0 Å². The Morgan fingerprint density at radius 3 is 2.59 bits per heavy atom. The third-order valence-electron chi connectivity index (χ3n) is 5.11. The molecule has 7 nitrogen and oxygen atoms in total. The first-order chi connectivity index (χ1) is 15.4. The zero-order valence-electron chi connectivity index (χ0n) is 17.8. The number of ether oxygens (including phenoxy) is 3. The Hall–Kier alpha value is -2.80. The summed E-state index contributed by atoms with van der Waals surface area (Å²) in [6.07, 6.45) is -0.691. The normalized spacial score (nSPS) is 15.1. The van der Waals surface area contributed by atoms with Crippen molar-refractivity contribution in [2.75, 3.05) is 13.7 Å². The summed E-state index contributed by atoms with van der Waals surface area (Å²) in [7, 11) is 1.59. The lowest BCUT2D eigenvalue weighted by Crippen LogP contribution is -2.65. The van der Waals surface area contributed by atoms with E-state index in [0.29, 0.717) is 29.6 Å². The van der Waals surface area contributed by atoms with Gasteiger partial charge >= 0.3 is 0 Å². The van der Waals surface area contributed by atoms with E-state index in [-0.39, 0.29) is 0 Å². The van der Waals surface area contributed by atoms with Gasteiger partial charge in [-0.2, -0.15) is 10.4 Å². The molecule has 32 heavy (non-hydrogen) atoms. The van der Waals surface area contributed by atoms with Crippen LogP contribution in [0.15, 0.2) is 50.9 Å². The second kappa shape index (κ2) is 8.98. The minimum atomic E-state index is -0.691. The standard InChI is InChI=1S/C23H20Br2N4O3/c1-4-31-21-17(25)9-13(10-18(21)30-3)20-16(11-26)22(27)32-23-19(20)12(2)28-29(23)15-7-5-14(24)6-8-15/h5-10,22H,4,27H2,1-3H3/p+1/t22-/m0/s1. The molecule has 0 fully saturated rings. The number of hydrogen-bond acceptors (Lipinski definition) is 5. The Bertz CT molecular complexity index is 1260. The van der Waals surface area contributed by atoms with Crippen LogP contribution in [0.25, 0.3) is 11.3 Å². The number of nitrogens with zero attached hydrogens (tertiary/aromatic N) is 3. The van der Waals surface area contributed by atoms with Crippen molar-refractivity contribution in [1.29, 1.82) is 5.26 Å². The van der Waals surface area contributed by atoms with Gasteiger partial charge in [0.15, 0.2) is 11.5 Å². The molecule has 4 rings (SSSR count). The van der Waals surface area contributed by atoms with E-state index in [4.69, 9.17) is 19.3 Å². The molecule has 0 spiro atoms. The van der Waals surface area contributed by atoms with E-state index in [1.807, 2.05) is 50.2 Å². The van der Waals surface area contributed by atoms with E-state index >= 15 is 0 Å². The number of aryl methyl sites for hydroxylation is 1. The first-order valence-corrected chi connectivity index (χ1v) is 11.5. The molecule has 0 saturated carbocycles. The predicted octanol–water partition coefficient (Wildman–Crippen LogP) is 4.40. The Kier molecular flexibility index (Phi) is 6.29. The number of halogens is 2. The van der Waals surface area contributed by atoms with Crippen LogP contribution in [-0.2, 0) is 0 Å². The van der Waals surface area contributed by atoms with Crippen molar-refractivity contribution in [3.05, 3.63) is 67.7 Å². The monoisotopic (exact) mass is 559 g/mol. The maximum absolute atomic E-state index is 9.97. The number of aromatic nitrogens is 2. The molecule has 3 aromatic rings. The number of benzene rings is 2. The molecule has 0 amide bonds. The van der Waals surface area contributed by atoms with E-state index in [1.54, 1.807) is 11.8 Å². The molecule has 0 radical (unpaired) electrons. The van der Waals surface area contributed by atoms with Gasteiger partial charge in [0.25, 0.3) is 6.23 Å². The van der Waals surface area contributed by atoms with Crippen LogP contribution < -0.4 is 19.9 Å². The van der Waals surface area contributed by atoms with Crippen LogP contribution >= 0.6 is 31.9 Å². The highest BCUT2D eigenvalue weighted by molar-refractivity contribution is 9.10. The molecule has 1 aliphatic heterocycles. The summed E-state index contributed by atoms with van der Waals surface area (Å²) >= 11 is 7.05. The summed E-state index contributed by atoms with van der Waals surface area (Å²) in [6, 6.07) is 13.8. The highest BCUT2D eigenvalue weighted by Crippen LogP contribution is 2.45. The smallest absolute Gasteiger partial charge is 0.267 e. The highest BCUT2D eigenvalue weighted by Gasteiger charge is 2.36. The van der Waals surface area contributed by atoms with Crippen molar-refractivity contribution >= 4 is 37.4 Å². The van der Waals surface area contributed by atoms with Gasteiger partial charge in [0.05, 0.1) is 35.1 Å². The lowest BCUT2D eigenvalue weighted by Gasteiger charge is -2.23. The summed E-state index contributed by atoms with van der Waals surface area (Å²) in [5.41, 5.74) is 8.34. The van der Waals surface area contributed by atoms with Gasteiger partial charge in [-0.15, -0.1) is 0 Å². The average molecular weight is 561 g/mol. The molecule has 9 heteroatoms. The van der Waals surface area contributed by atoms with Gasteiger partial charge < -0.3 is 19.9 Å². The van der Waals surface area contributed by atoms with E-state index in [9.17, 15) is 5.26 Å². The van der Waals surface area contributed by atoms with Crippen molar-refractivity contribution in [1.82, 2.24) is 9.78 Å². The minimum Gasteiger partial charge on any atom is -0.493 e. The second-order valence-corrected chi connectivity index (χ2v) is 8.85. The second-order valence-electron chi connectivity index (χ2n) is 7.08. The Morgan fingerprint density at radius 2 is 1.97 bits per heavy atom. The van der Waals surface area contributed by atoms with E-state index in [1.165, 1.54) is 0 Å². The fourth-order valence-corrected chi connectivity index (χ4v) is 4.55. The van der Waals surface area contributed by atoms with Crippen molar-refractivity contribution in [2.24, 2.45) is 0 Å². The molecule has 2 heterocycles. The van der Waals surface area contributed by atoms with E-state index in [2.05, 4.69) is 43.7 Å². The molecule has 0 saturated heterocycles. The summed E-state index contributed by atoms with van der Waals surface area (Å²) in [4.78, 5) is 0. The minimum absolute atomic E-state index is 0.425. The molecule has 0 bridgehead atoms. The van der Waals surface area contributed by atoms with Crippen LogP contribution in [0.5, 0.6) is 17.4 Å². The Morgan fingerprint density at radius 1 is 1.25 bits per heavy atom. The molecular formula is C23H21Br2N4O3+. The van der Waals surface area contributed by atoms with Gasteiger partial charge in [-0.25, -0.2) is 4.68 Å². The predicted molar refractivity (Wildman–Crippen MR) is 127 cm³/mol. The molecule has 164 valence electrons. The molecule has 1 aliphatic rings. The van der Waals surface area contributed by atoms with Gasteiger partial charge in [-0.3, -0.25) is 0 Å². The van der Waals surface area contributed by atoms with Crippen LogP contribution in [0.2, 0.25) is 0 Å². The first kappa shape index (κ1) is 22.4. The molecule has 1 aromatic heterocycles. The third kappa shape index (κ3) is 3.79. The van der Waals surface area contributed by atoms with Gasteiger partial charge in [0.1, 0.15) is 11.6 Å². The SMILES string of the molecule is CCOc1c(Br)cc(C2=C(C#N)[C@@H]([NH3+])Oc3c2c(C)nn3-c2ccc(Br)cc2)cc1OC. The maximum Gasteiger partial charge on any atom is 0.267 e. The van der Waals surface area contributed by atoms with Crippen molar-refractivity contribution < 1.29 is 19.9 Å². The fourth-order valence-electron chi connectivity index (χ4n) is 3.73. The lowest BCUT2D eigenvalue weighted by atomic mass is 9.91.